The lowest BCUT2D eigenvalue weighted by atomic mass is 10.1. The van der Waals surface area contributed by atoms with Gasteiger partial charge in [-0.1, -0.05) is 30.3 Å². The lowest BCUT2D eigenvalue weighted by Gasteiger charge is -2.25. The van der Waals surface area contributed by atoms with E-state index in [1.165, 1.54) is 22.5 Å². The molecule has 1 aliphatic rings. The van der Waals surface area contributed by atoms with Gasteiger partial charge in [0.15, 0.2) is 0 Å². The Hall–Kier alpha value is -2.18. The zero-order valence-corrected chi connectivity index (χ0v) is 16.8. The van der Waals surface area contributed by atoms with Crippen LogP contribution in [0.1, 0.15) is 34.1 Å². The lowest BCUT2D eigenvalue weighted by molar-refractivity contribution is -0.132. The van der Waals surface area contributed by atoms with Gasteiger partial charge in [0.05, 0.1) is 4.88 Å². The molecular formula is C21H27N3O2S. The summed E-state index contributed by atoms with van der Waals surface area (Å²) in [6.07, 6.45) is 0.948. The number of rotatable bonds is 5. The summed E-state index contributed by atoms with van der Waals surface area (Å²) in [5.74, 6) is -0.181. The lowest BCUT2D eigenvalue weighted by Crippen LogP contribution is -2.47. The highest BCUT2D eigenvalue weighted by atomic mass is 32.1. The van der Waals surface area contributed by atoms with E-state index in [1.807, 2.05) is 16.3 Å². The zero-order chi connectivity index (χ0) is 19.2. The van der Waals surface area contributed by atoms with Gasteiger partial charge in [-0.15, -0.1) is 11.3 Å². The van der Waals surface area contributed by atoms with Crippen LogP contribution in [0.5, 0.6) is 0 Å². The molecule has 3 rings (SSSR count). The van der Waals surface area contributed by atoms with Gasteiger partial charge < -0.3 is 10.2 Å². The molecule has 5 nitrogen and oxygen atoms in total. The highest BCUT2D eigenvalue weighted by molar-refractivity contribution is 7.12. The topological polar surface area (TPSA) is 52.6 Å². The fourth-order valence-corrected chi connectivity index (χ4v) is 4.02. The van der Waals surface area contributed by atoms with Gasteiger partial charge in [0, 0.05) is 32.7 Å². The Balaban J connectivity index is 1.53. The van der Waals surface area contributed by atoms with Crippen LogP contribution in [0.2, 0.25) is 0 Å². The van der Waals surface area contributed by atoms with Crippen molar-refractivity contribution in [2.45, 2.75) is 32.9 Å². The highest BCUT2D eigenvalue weighted by Gasteiger charge is 2.25. The molecule has 1 N–H and O–H groups in total. The monoisotopic (exact) mass is 385 g/mol. The summed E-state index contributed by atoms with van der Waals surface area (Å²) < 4.78 is 0. The SMILES string of the molecule is Cc1ccccc1CN1CCCN(C(=O)C(C)NC(=O)c2cccs2)CC1. The zero-order valence-electron chi connectivity index (χ0n) is 16.0. The van der Waals surface area contributed by atoms with Gasteiger partial charge in [0.1, 0.15) is 6.04 Å². The highest BCUT2D eigenvalue weighted by Crippen LogP contribution is 2.14. The van der Waals surface area contributed by atoms with Crippen molar-refractivity contribution in [3.8, 4) is 0 Å². The van der Waals surface area contributed by atoms with E-state index in [9.17, 15) is 9.59 Å². The Morgan fingerprint density at radius 2 is 1.93 bits per heavy atom. The number of carbonyl (C=O) groups is 2. The predicted molar refractivity (Wildman–Crippen MR) is 109 cm³/mol. The van der Waals surface area contributed by atoms with Crippen LogP contribution < -0.4 is 5.32 Å². The third-order valence-corrected chi connectivity index (χ3v) is 5.89. The molecule has 0 radical (unpaired) electrons. The molecule has 1 aromatic heterocycles. The minimum atomic E-state index is -0.512. The third kappa shape index (κ3) is 5.17. The summed E-state index contributed by atoms with van der Waals surface area (Å²) in [6.45, 7) is 8.09. The largest absolute Gasteiger partial charge is 0.340 e. The molecule has 0 saturated carbocycles. The maximum absolute atomic E-state index is 12.8. The Bertz CT molecular complexity index is 775. The molecule has 6 heteroatoms. The first-order chi connectivity index (χ1) is 13.0. The first kappa shape index (κ1) is 19.6. The Morgan fingerprint density at radius 3 is 2.67 bits per heavy atom. The quantitative estimate of drug-likeness (QED) is 0.861. The molecule has 27 heavy (non-hydrogen) atoms. The number of carbonyl (C=O) groups excluding carboxylic acids is 2. The molecule has 1 aliphatic heterocycles. The number of nitrogens with zero attached hydrogens (tertiary/aromatic N) is 2. The number of amides is 2. The number of aryl methyl sites for hydroxylation is 1. The average Bonchev–Trinajstić information content (AvgIpc) is 3.10. The predicted octanol–water partition coefficient (Wildman–Crippen LogP) is 2.91. The smallest absolute Gasteiger partial charge is 0.261 e. The first-order valence-corrected chi connectivity index (χ1v) is 10.3. The van der Waals surface area contributed by atoms with E-state index >= 15 is 0 Å². The van der Waals surface area contributed by atoms with Crippen molar-refractivity contribution in [1.82, 2.24) is 15.1 Å². The Kier molecular flexibility index (Phi) is 6.63. The van der Waals surface area contributed by atoms with Crippen LogP contribution in [-0.2, 0) is 11.3 Å². The minimum Gasteiger partial charge on any atom is -0.340 e. The average molecular weight is 386 g/mol. The number of hydrogen-bond acceptors (Lipinski definition) is 4. The second-order valence-corrected chi connectivity index (χ2v) is 8.00. The number of hydrogen-bond donors (Lipinski definition) is 1. The van der Waals surface area contributed by atoms with Crippen LogP contribution in [0, 0.1) is 6.92 Å². The van der Waals surface area contributed by atoms with Crippen molar-refractivity contribution in [1.29, 1.82) is 0 Å². The molecule has 2 amide bonds. The van der Waals surface area contributed by atoms with E-state index in [0.717, 1.165) is 32.6 Å². The third-order valence-electron chi connectivity index (χ3n) is 5.02. The molecule has 144 valence electrons. The fraction of sp³-hybridized carbons (Fsp3) is 0.429. The second-order valence-electron chi connectivity index (χ2n) is 7.05. The number of nitrogens with one attached hydrogen (secondary N) is 1. The van der Waals surface area contributed by atoms with Crippen molar-refractivity contribution in [3.05, 3.63) is 57.8 Å². The maximum atomic E-state index is 12.8. The van der Waals surface area contributed by atoms with E-state index in [-0.39, 0.29) is 11.8 Å². The molecular weight excluding hydrogens is 358 g/mol. The normalized spacial score (nSPS) is 16.6. The van der Waals surface area contributed by atoms with Crippen molar-refractivity contribution < 1.29 is 9.59 Å². The summed E-state index contributed by atoms with van der Waals surface area (Å²) in [5.41, 5.74) is 2.65. The summed E-state index contributed by atoms with van der Waals surface area (Å²) >= 11 is 1.38. The molecule has 1 atom stereocenters. The summed E-state index contributed by atoms with van der Waals surface area (Å²) in [4.78, 5) is 29.9. The van der Waals surface area contributed by atoms with Gasteiger partial charge in [-0.05, 0) is 42.8 Å². The molecule has 2 aromatic rings. The van der Waals surface area contributed by atoms with E-state index in [4.69, 9.17) is 0 Å². The van der Waals surface area contributed by atoms with Gasteiger partial charge in [0.25, 0.3) is 5.91 Å². The molecule has 1 fully saturated rings. The molecule has 0 aliphatic carbocycles. The first-order valence-electron chi connectivity index (χ1n) is 9.44. The number of thiophene rings is 1. The molecule has 0 spiro atoms. The molecule has 1 unspecified atom stereocenters. The maximum Gasteiger partial charge on any atom is 0.261 e. The van der Waals surface area contributed by atoms with Crippen molar-refractivity contribution in [3.63, 3.8) is 0 Å². The Morgan fingerprint density at radius 1 is 1.11 bits per heavy atom. The molecule has 2 heterocycles. The molecule has 1 saturated heterocycles. The van der Waals surface area contributed by atoms with Gasteiger partial charge in [-0.25, -0.2) is 0 Å². The minimum absolute atomic E-state index is 0.00218. The van der Waals surface area contributed by atoms with Gasteiger partial charge in [-0.2, -0.15) is 0 Å². The summed E-state index contributed by atoms with van der Waals surface area (Å²) in [7, 11) is 0. The Labute approximate surface area is 165 Å². The van der Waals surface area contributed by atoms with Gasteiger partial charge >= 0.3 is 0 Å². The van der Waals surface area contributed by atoms with Crippen molar-refractivity contribution >= 4 is 23.2 Å². The van der Waals surface area contributed by atoms with Crippen LogP contribution in [0.15, 0.2) is 41.8 Å². The summed E-state index contributed by atoms with van der Waals surface area (Å²) in [5, 5.41) is 4.69. The fourth-order valence-electron chi connectivity index (χ4n) is 3.39. The standard InChI is InChI=1S/C21H27N3O2S/c1-16-7-3-4-8-18(16)15-23-10-6-11-24(13-12-23)21(26)17(2)22-20(25)19-9-5-14-27-19/h3-5,7-9,14,17H,6,10-13,15H2,1-2H3,(H,22,25). The van der Waals surface area contributed by atoms with Gasteiger partial charge in [0.2, 0.25) is 5.91 Å². The second kappa shape index (κ2) is 9.15. The van der Waals surface area contributed by atoms with Crippen LogP contribution >= 0.6 is 11.3 Å². The van der Waals surface area contributed by atoms with E-state index in [1.54, 1.807) is 13.0 Å². The van der Waals surface area contributed by atoms with Crippen molar-refractivity contribution in [2.24, 2.45) is 0 Å². The van der Waals surface area contributed by atoms with Crippen LogP contribution in [0.25, 0.3) is 0 Å². The molecule has 0 bridgehead atoms. The molecule has 1 aromatic carbocycles. The van der Waals surface area contributed by atoms with Crippen molar-refractivity contribution in [2.75, 3.05) is 26.2 Å². The van der Waals surface area contributed by atoms with E-state index in [2.05, 4.69) is 41.4 Å². The van der Waals surface area contributed by atoms with Crippen LogP contribution in [0.4, 0.5) is 0 Å². The van der Waals surface area contributed by atoms with E-state index in [0.29, 0.717) is 11.4 Å². The van der Waals surface area contributed by atoms with E-state index < -0.39 is 6.04 Å². The number of benzene rings is 1. The van der Waals surface area contributed by atoms with Crippen LogP contribution in [0.3, 0.4) is 0 Å². The van der Waals surface area contributed by atoms with Crippen LogP contribution in [-0.4, -0.2) is 53.8 Å². The summed E-state index contributed by atoms with van der Waals surface area (Å²) in [6, 6.07) is 11.5. The van der Waals surface area contributed by atoms with Gasteiger partial charge in [-0.3, -0.25) is 14.5 Å².